The fraction of sp³-hybridized carbons (Fsp3) is 0.429. The number of hydrogen-bond acceptors (Lipinski definition) is 4. The number of amides is 2. The molecule has 0 aromatic carbocycles. The molecular weight excluding hydrogens is 260 g/mol. The highest BCUT2D eigenvalue weighted by molar-refractivity contribution is 6.22. The van der Waals surface area contributed by atoms with Crippen molar-refractivity contribution in [2.24, 2.45) is 5.41 Å². The second-order valence-corrected chi connectivity index (χ2v) is 5.40. The van der Waals surface area contributed by atoms with Gasteiger partial charge in [0, 0.05) is 12.6 Å². The van der Waals surface area contributed by atoms with Crippen LogP contribution in [0.4, 0.5) is 5.69 Å². The minimum atomic E-state index is -1.18. The highest BCUT2D eigenvalue weighted by Crippen LogP contribution is 2.47. The molecule has 2 heterocycles. The molecule has 1 aliphatic carbocycles. The van der Waals surface area contributed by atoms with Gasteiger partial charge >= 0.3 is 5.97 Å². The fourth-order valence-corrected chi connectivity index (χ4v) is 3.17. The number of aromatic nitrogens is 1. The molecule has 1 saturated heterocycles. The third-order valence-electron chi connectivity index (χ3n) is 4.18. The van der Waals surface area contributed by atoms with Gasteiger partial charge in [-0.05, 0) is 25.0 Å². The van der Waals surface area contributed by atoms with E-state index >= 15 is 0 Å². The van der Waals surface area contributed by atoms with Crippen LogP contribution in [0.3, 0.4) is 0 Å². The standard InChI is InChI=1S/C14H14N2O4/c17-11-8-14(4-1-2-5-14)13(20)16(11)9-3-6-15-10(7-9)12(18)19/h3,6-7H,1-2,4-5,8H2,(H,18,19). The van der Waals surface area contributed by atoms with Crippen molar-refractivity contribution in [3.05, 3.63) is 24.0 Å². The van der Waals surface area contributed by atoms with Gasteiger partial charge in [-0.25, -0.2) is 14.7 Å². The van der Waals surface area contributed by atoms with Crippen LogP contribution in [-0.2, 0) is 9.59 Å². The second-order valence-electron chi connectivity index (χ2n) is 5.40. The molecule has 1 saturated carbocycles. The molecule has 0 unspecified atom stereocenters. The zero-order chi connectivity index (χ0) is 14.3. The minimum Gasteiger partial charge on any atom is -0.477 e. The van der Waals surface area contributed by atoms with E-state index in [-0.39, 0.29) is 23.9 Å². The Kier molecular flexibility index (Phi) is 2.81. The largest absolute Gasteiger partial charge is 0.477 e. The smallest absolute Gasteiger partial charge is 0.354 e. The van der Waals surface area contributed by atoms with E-state index in [1.807, 2.05) is 0 Å². The first-order chi connectivity index (χ1) is 9.53. The van der Waals surface area contributed by atoms with E-state index in [0.717, 1.165) is 30.6 Å². The van der Waals surface area contributed by atoms with E-state index in [4.69, 9.17) is 5.11 Å². The van der Waals surface area contributed by atoms with Crippen molar-refractivity contribution < 1.29 is 19.5 Å². The van der Waals surface area contributed by atoms with Gasteiger partial charge in [-0.3, -0.25) is 9.59 Å². The Morgan fingerprint density at radius 2 is 2.00 bits per heavy atom. The average molecular weight is 274 g/mol. The molecule has 6 nitrogen and oxygen atoms in total. The predicted molar refractivity (Wildman–Crippen MR) is 69.2 cm³/mol. The number of carbonyl (C=O) groups excluding carboxylic acids is 2. The van der Waals surface area contributed by atoms with Crippen molar-refractivity contribution >= 4 is 23.5 Å². The molecule has 2 aliphatic rings. The third kappa shape index (κ3) is 1.79. The lowest BCUT2D eigenvalue weighted by molar-refractivity contribution is -0.125. The summed E-state index contributed by atoms with van der Waals surface area (Å²) < 4.78 is 0. The van der Waals surface area contributed by atoms with Crippen LogP contribution in [0.15, 0.2) is 18.3 Å². The van der Waals surface area contributed by atoms with Gasteiger partial charge in [0.1, 0.15) is 5.69 Å². The van der Waals surface area contributed by atoms with Gasteiger partial charge in [0.05, 0.1) is 11.1 Å². The lowest BCUT2D eigenvalue weighted by Crippen LogP contribution is -2.34. The van der Waals surface area contributed by atoms with Gasteiger partial charge in [-0.2, -0.15) is 0 Å². The highest BCUT2D eigenvalue weighted by Gasteiger charge is 2.53. The van der Waals surface area contributed by atoms with Crippen molar-refractivity contribution in [2.75, 3.05) is 4.90 Å². The Balaban J connectivity index is 1.98. The van der Waals surface area contributed by atoms with Crippen molar-refractivity contribution in [1.29, 1.82) is 0 Å². The van der Waals surface area contributed by atoms with Gasteiger partial charge in [0.15, 0.2) is 0 Å². The predicted octanol–water partition coefficient (Wildman–Crippen LogP) is 1.60. The SMILES string of the molecule is O=C(O)c1cc(N2C(=O)CC3(CCCC3)C2=O)ccn1. The van der Waals surface area contributed by atoms with E-state index in [2.05, 4.69) is 4.98 Å². The molecule has 1 aromatic rings. The fourth-order valence-electron chi connectivity index (χ4n) is 3.17. The van der Waals surface area contributed by atoms with Crippen LogP contribution in [-0.4, -0.2) is 27.9 Å². The van der Waals surface area contributed by atoms with Gasteiger partial charge < -0.3 is 5.11 Å². The van der Waals surface area contributed by atoms with Gasteiger partial charge in [-0.15, -0.1) is 0 Å². The maximum atomic E-state index is 12.6. The Bertz CT molecular complexity index is 605. The number of carboxylic acids is 1. The van der Waals surface area contributed by atoms with Crippen LogP contribution >= 0.6 is 0 Å². The number of imide groups is 1. The number of anilines is 1. The summed E-state index contributed by atoms with van der Waals surface area (Å²) >= 11 is 0. The topological polar surface area (TPSA) is 87.6 Å². The zero-order valence-corrected chi connectivity index (χ0v) is 10.8. The molecule has 0 atom stereocenters. The molecule has 1 N–H and O–H groups in total. The summed E-state index contributed by atoms with van der Waals surface area (Å²) in [6.07, 6.45) is 4.94. The highest BCUT2D eigenvalue weighted by atomic mass is 16.4. The van der Waals surface area contributed by atoms with Crippen LogP contribution in [0.25, 0.3) is 0 Å². The number of hydrogen-bond donors (Lipinski definition) is 1. The first-order valence-electron chi connectivity index (χ1n) is 6.60. The summed E-state index contributed by atoms with van der Waals surface area (Å²) in [6.45, 7) is 0. The maximum absolute atomic E-state index is 12.6. The van der Waals surface area contributed by atoms with Crippen LogP contribution in [0.1, 0.15) is 42.6 Å². The molecule has 2 amide bonds. The molecule has 0 bridgehead atoms. The number of rotatable bonds is 2. The number of nitrogens with zero attached hydrogens (tertiary/aromatic N) is 2. The maximum Gasteiger partial charge on any atom is 0.354 e. The molecular formula is C14H14N2O4. The summed E-state index contributed by atoms with van der Waals surface area (Å²) in [5.74, 6) is -1.62. The Labute approximate surface area is 115 Å². The van der Waals surface area contributed by atoms with Crippen molar-refractivity contribution in [2.45, 2.75) is 32.1 Å². The normalized spacial score (nSPS) is 20.9. The summed E-state index contributed by atoms with van der Waals surface area (Å²) in [4.78, 5) is 40.5. The van der Waals surface area contributed by atoms with Gasteiger partial charge in [-0.1, -0.05) is 12.8 Å². The van der Waals surface area contributed by atoms with Crippen molar-refractivity contribution in [1.82, 2.24) is 4.98 Å². The van der Waals surface area contributed by atoms with E-state index in [1.165, 1.54) is 18.3 Å². The summed E-state index contributed by atoms with van der Waals surface area (Å²) in [6, 6.07) is 2.77. The molecule has 1 aliphatic heterocycles. The molecule has 3 rings (SSSR count). The number of carbonyl (C=O) groups is 3. The second kappa shape index (κ2) is 4.40. The quantitative estimate of drug-likeness (QED) is 0.828. The first-order valence-corrected chi connectivity index (χ1v) is 6.60. The Morgan fingerprint density at radius 1 is 1.30 bits per heavy atom. The summed E-state index contributed by atoms with van der Waals surface area (Å²) in [7, 11) is 0. The van der Waals surface area contributed by atoms with Crippen LogP contribution in [0.5, 0.6) is 0 Å². The lowest BCUT2D eigenvalue weighted by atomic mass is 9.84. The summed E-state index contributed by atoms with van der Waals surface area (Å²) in [5, 5.41) is 8.94. The minimum absolute atomic E-state index is 0.171. The van der Waals surface area contributed by atoms with E-state index < -0.39 is 11.4 Å². The van der Waals surface area contributed by atoms with E-state index in [9.17, 15) is 14.4 Å². The van der Waals surface area contributed by atoms with Crippen LogP contribution < -0.4 is 4.90 Å². The van der Waals surface area contributed by atoms with Crippen LogP contribution in [0, 0.1) is 5.41 Å². The van der Waals surface area contributed by atoms with Gasteiger partial charge in [0.25, 0.3) is 0 Å². The first kappa shape index (κ1) is 12.8. The number of aromatic carboxylic acids is 1. The molecule has 6 heteroatoms. The molecule has 0 radical (unpaired) electrons. The molecule has 20 heavy (non-hydrogen) atoms. The monoisotopic (exact) mass is 274 g/mol. The molecule has 1 spiro atoms. The Hall–Kier alpha value is -2.24. The average Bonchev–Trinajstić information content (AvgIpc) is 2.97. The molecule has 104 valence electrons. The van der Waals surface area contributed by atoms with Crippen molar-refractivity contribution in [3.63, 3.8) is 0 Å². The molecule has 2 fully saturated rings. The van der Waals surface area contributed by atoms with E-state index in [0.29, 0.717) is 5.69 Å². The molecule has 1 aromatic heterocycles. The van der Waals surface area contributed by atoms with Gasteiger partial charge in [0.2, 0.25) is 11.8 Å². The van der Waals surface area contributed by atoms with Crippen LogP contribution in [0.2, 0.25) is 0 Å². The number of carboxylic acid groups (broad SMARTS) is 1. The van der Waals surface area contributed by atoms with E-state index in [1.54, 1.807) is 0 Å². The zero-order valence-electron chi connectivity index (χ0n) is 10.8. The Morgan fingerprint density at radius 3 is 2.65 bits per heavy atom. The third-order valence-corrected chi connectivity index (χ3v) is 4.18. The number of pyridine rings is 1. The van der Waals surface area contributed by atoms with Crippen molar-refractivity contribution in [3.8, 4) is 0 Å². The lowest BCUT2D eigenvalue weighted by Gasteiger charge is -2.20. The summed E-state index contributed by atoms with van der Waals surface area (Å²) in [5.41, 5.74) is -0.421.